The van der Waals surface area contributed by atoms with Crippen LogP contribution >= 0.6 is 0 Å². The summed E-state index contributed by atoms with van der Waals surface area (Å²) in [5.74, 6) is 0.671. The van der Waals surface area contributed by atoms with Gasteiger partial charge in [0.1, 0.15) is 0 Å². The van der Waals surface area contributed by atoms with Crippen LogP contribution in [-0.2, 0) is 0 Å². The van der Waals surface area contributed by atoms with Gasteiger partial charge in [-0.2, -0.15) is 0 Å². The lowest BCUT2D eigenvalue weighted by Crippen LogP contribution is -2.32. The van der Waals surface area contributed by atoms with Crippen LogP contribution in [0.2, 0.25) is 0 Å². The third kappa shape index (κ3) is 3.07. The maximum atomic E-state index is 2.61. The lowest BCUT2D eigenvalue weighted by molar-refractivity contribution is 0.219. The standard InChI is InChI=1S/C14H21N/c1-13(14-8-4-2-5-9-14)12-15-10-6-3-7-11-15/h2,4-5,8-9,13H,3,6-7,10-12H2,1H3/t13-/m1/s1. The van der Waals surface area contributed by atoms with E-state index in [1.54, 1.807) is 0 Å². The van der Waals surface area contributed by atoms with Crippen LogP contribution < -0.4 is 0 Å². The molecule has 0 N–H and O–H groups in total. The zero-order chi connectivity index (χ0) is 10.5. The quantitative estimate of drug-likeness (QED) is 0.728. The van der Waals surface area contributed by atoms with Gasteiger partial charge in [0.05, 0.1) is 0 Å². The minimum atomic E-state index is 0.671. The van der Waals surface area contributed by atoms with Crippen molar-refractivity contribution >= 4 is 0 Å². The average molecular weight is 203 g/mol. The van der Waals surface area contributed by atoms with E-state index in [9.17, 15) is 0 Å². The van der Waals surface area contributed by atoms with Gasteiger partial charge in [-0.1, -0.05) is 43.7 Å². The second-order valence-corrected chi connectivity index (χ2v) is 4.67. The van der Waals surface area contributed by atoms with Crippen LogP contribution in [-0.4, -0.2) is 24.5 Å². The Labute approximate surface area is 93.1 Å². The Kier molecular flexibility index (Phi) is 3.79. The molecule has 1 fully saturated rings. The van der Waals surface area contributed by atoms with Crippen LogP contribution in [0, 0.1) is 0 Å². The first kappa shape index (κ1) is 10.7. The highest BCUT2D eigenvalue weighted by Gasteiger charge is 2.13. The summed E-state index contributed by atoms with van der Waals surface area (Å²) >= 11 is 0. The molecule has 1 aromatic rings. The summed E-state index contributed by atoms with van der Waals surface area (Å²) in [7, 11) is 0. The molecule has 2 rings (SSSR count). The Hall–Kier alpha value is -0.820. The molecule has 0 amide bonds. The molecule has 0 aliphatic carbocycles. The Balaban J connectivity index is 1.88. The van der Waals surface area contributed by atoms with E-state index in [0.717, 1.165) is 0 Å². The van der Waals surface area contributed by atoms with Crippen LogP contribution in [0.25, 0.3) is 0 Å². The third-order valence-electron chi connectivity index (χ3n) is 3.35. The summed E-state index contributed by atoms with van der Waals surface area (Å²) in [6, 6.07) is 10.9. The van der Waals surface area contributed by atoms with Crippen LogP contribution in [0.15, 0.2) is 30.3 Å². The van der Waals surface area contributed by atoms with Gasteiger partial charge in [-0.05, 0) is 37.4 Å². The topological polar surface area (TPSA) is 3.24 Å². The number of hydrogen-bond donors (Lipinski definition) is 0. The molecule has 0 saturated carbocycles. The fourth-order valence-electron chi connectivity index (χ4n) is 2.42. The highest BCUT2D eigenvalue weighted by molar-refractivity contribution is 5.19. The molecule has 82 valence electrons. The number of piperidine rings is 1. The molecular formula is C14H21N. The van der Waals surface area contributed by atoms with E-state index in [-0.39, 0.29) is 0 Å². The molecule has 15 heavy (non-hydrogen) atoms. The van der Waals surface area contributed by atoms with Gasteiger partial charge in [-0.25, -0.2) is 0 Å². The molecule has 1 aliphatic heterocycles. The normalized spacial score (nSPS) is 20.1. The van der Waals surface area contributed by atoms with Crippen LogP contribution in [0.3, 0.4) is 0 Å². The van der Waals surface area contributed by atoms with Gasteiger partial charge in [-0.3, -0.25) is 0 Å². The van der Waals surface area contributed by atoms with Crippen LogP contribution in [0.5, 0.6) is 0 Å². The minimum Gasteiger partial charge on any atom is -0.303 e. The van der Waals surface area contributed by atoms with Gasteiger partial charge >= 0.3 is 0 Å². The molecule has 0 aromatic heterocycles. The van der Waals surface area contributed by atoms with Crippen LogP contribution in [0.4, 0.5) is 0 Å². The summed E-state index contributed by atoms with van der Waals surface area (Å²) in [6.07, 6.45) is 4.21. The lowest BCUT2D eigenvalue weighted by Gasteiger charge is -2.29. The van der Waals surface area contributed by atoms with Gasteiger partial charge in [0, 0.05) is 6.54 Å². The van der Waals surface area contributed by atoms with Crippen molar-refractivity contribution in [1.29, 1.82) is 0 Å². The van der Waals surface area contributed by atoms with E-state index >= 15 is 0 Å². The van der Waals surface area contributed by atoms with Crippen molar-refractivity contribution in [3.8, 4) is 0 Å². The van der Waals surface area contributed by atoms with Gasteiger partial charge in [0.15, 0.2) is 0 Å². The Morgan fingerprint density at radius 3 is 2.40 bits per heavy atom. The molecule has 0 spiro atoms. The predicted octanol–water partition coefficient (Wildman–Crippen LogP) is 3.28. The Bertz CT molecular complexity index is 275. The van der Waals surface area contributed by atoms with Gasteiger partial charge in [-0.15, -0.1) is 0 Å². The number of rotatable bonds is 3. The maximum absolute atomic E-state index is 2.61. The molecule has 0 bridgehead atoms. The monoisotopic (exact) mass is 203 g/mol. The minimum absolute atomic E-state index is 0.671. The van der Waals surface area contributed by atoms with Gasteiger partial charge in [0.25, 0.3) is 0 Å². The molecular weight excluding hydrogens is 182 g/mol. The maximum Gasteiger partial charge on any atom is 0.00476 e. The zero-order valence-corrected chi connectivity index (χ0v) is 9.65. The number of likely N-dealkylation sites (tertiary alicyclic amines) is 1. The van der Waals surface area contributed by atoms with E-state index in [1.165, 1.54) is 44.5 Å². The second kappa shape index (κ2) is 5.32. The van der Waals surface area contributed by atoms with Crippen molar-refractivity contribution in [3.63, 3.8) is 0 Å². The Morgan fingerprint density at radius 2 is 1.73 bits per heavy atom. The summed E-state index contributed by atoms with van der Waals surface area (Å²) < 4.78 is 0. The van der Waals surface area contributed by atoms with E-state index < -0.39 is 0 Å². The van der Waals surface area contributed by atoms with Gasteiger partial charge < -0.3 is 4.90 Å². The molecule has 0 unspecified atom stereocenters. The molecule has 1 saturated heterocycles. The van der Waals surface area contributed by atoms with Crippen molar-refractivity contribution < 1.29 is 0 Å². The van der Waals surface area contributed by atoms with Crippen molar-refractivity contribution in [2.75, 3.05) is 19.6 Å². The van der Waals surface area contributed by atoms with E-state index in [1.807, 2.05) is 0 Å². The van der Waals surface area contributed by atoms with Crippen molar-refractivity contribution in [1.82, 2.24) is 4.90 Å². The summed E-state index contributed by atoms with van der Waals surface area (Å²) in [4.78, 5) is 2.61. The first-order valence-electron chi connectivity index (χ1n) is 6.13. The molecule has 1 nitrogen and oxygen atoms in total. The molecule has 0 radical (unpaired) electrons. The molecule has 1 atom stereocenters. The third-order valence-corrected chi connectivity index (χ3v) is 3.35. The SMILES string of the molecule is C[C@H](CN1CCCCC1)c1ccccc1. The molecule has 1 aromatic carbocycles. The summed E-state index contributed by atoms with van der Waals surface area (Å²) in [6.45, 7) is 6.17. The summed E-state index contributed by atoms with van der Waals surface area (Å²) in [5.41, 5.74) is 1.48. The highest BCUT2D eigenvalue weighted by Crippen LogP contribution is 2.18. The largest absolute Gasteiger partial charge is 0.303 e. The second-order valence-electron chi connectivity index (χ2n) is 4.67. The first-order chi connectivity index (χ1) is 7.36. The summed E-state index contributed by atoms with van der Waals surface area (Å²) in [5, 5.41) is 0. The highest BCUT2D eigenvalue weighted by atomic mass is 15.1. The van der Waals surface area contributed by atoms with Crippen molar-refractivity contribution in [2.24, 2.45) is 0 Å². The van der Waals surface area contributed by atoms with Crippen molar-refractivity contribution in [3.05, 3.63) is 35.9 Å². The fraction of sp³-hybridized carbons (Fsp3) is 0.571. The number of benzene rings is 1. The average Bonchev–Trinajstić information content (AvgIpc) is 2.31. The zero-order valence-electron chi connectivity index (χ0n) is 9.65. The van der Waals surface area contributed by atoms with E-state index in [0.29, 0.717) is 5.92 Å². The fourth-order valence-corrected chi connectivity index (χ4v) is 2.42. The Morgan fingerprint density at radius 1 is 1.07 bits per heavy atom. The van der Waals surface area contributed by atoms with Crippen LogP contribution in [0.1, 0.15) is 37.7 Å². The lowest BCUT2D eigenvalue weighted by atomic mass is 9.99. The molecule has 1 heterocycles. The van der Waals surface area contributed by atoms with E-state index in [2.05, 4.69) is 42.2 Å². The smallest absolute Gasteiger partial charge is 0.00476 e. The van der Waals surface area contributed by atoms with Gasteiger partial charge in [0.2, 0.25) is 0 Å². The van der Waals surface area contributed by atoms with E-state index in [4.69, 9.17) is 0 Å². The predicted molar refractivity (Wildman–Crippen MR) is 65.1 cm³/mol. The number of nitrogens with zero attached hydrogens (tertiary/aromatic N) is 1. The molecule has 1 aliphatic rings. The first-order valence-corrected chi connectivity index (χ1v) is 6.13. The molecule has 1 heteroatoms. The van der Waals surface area contributed by atoms with Crippen molar-refractivity contribution in [2.45, 2.75) is 32.1 Å². The number of hydrogen-bond acceptors (Lipinski definition) is 1.